The lowest BCUT2D eigenvalue weighted by Gasteiger charge is -2.09. The summed E-state index contributed by atoms with van der Waals surface area (Å²) in [6.07, 6.45) is -1.23. The van der Waals surface area contributed by atoms with Crippen LogP contribution in [-0.4, -0.2) is 18.2 Å². The van der Waals surface area contributed by atoms with Gasteiger partial charge in [-0.2, -0.15) is 0 Å². The van der Waals surface area contributed by atoms with Gasteiger partial charge in [0.1, 0.15) is 5.75 Å². The van der Waals surface area contributed by atoms with Crippen LogP contribution in [0.3, 0.4) is 0 Å². The number of benzene rings is 1. The van der Waals surface area contributed by atoms with E-state index in [1.54, 1.807) is 12.1 Å². The van der Waals surface area contributed by atoms with E-state index >= 15 is 0 Å². The number of ether oxygens (including phenoxy) is 2. The molecule has 1 unspecified atom stereocenters. The van der Waals surface area contributed by atoms with E-state index in [1.165, 1.54) is 7.11 Å². The maximum atomic E-state index is 11.2. The van der Waals surface area contributed by atoms with Crippen molar-refractivity contribution in [1.82, 2.24) is 0 Å². The molecule has 1 aromatic carbocycles. The molecule has 0 saturated carbocycles. The topological polar surface area (TPSA) is 55.8 Å². The second-order valence-corrected chi connectivity index (χ2v) is 3.65. The Morgan fingerprint density at radius 2 is 2.29 bits per heavy atom. The lowest BCUT2D eigenvalue weighted by molar-refractivity contribution is -0.0556. The van der Waals surface area contributed by atoms with E-state index < -0.39 is 12.3 Å². The van der Waals surface area contributed by atoms with Gasteiger partial charge in [-0.05, 0) is 28.1 Å². The molecule has 1 aliphatic heterocycles. The molecule has 2 rings (SSSR count). The normalized spacial score (nSPS) is 19.1. The van der Waals surface area contributed by atoms with E-state index in [1.807, 2.05) is 0 Å². The molecule has 0 radical (unpaired) electrons. The second-order valence-electron chi connectivity index (χ2n) is 2.80. The number of halogens is 1. The van der Waals surface area contributed by atoms with Gasteiger partial charge in [0.15, 0.2) is 0 Å². The van der Waals surface area contributed by atoms with Crippen LogP contribution in [0.1, 0.15) is 22.2 Å². The molecule has 14 heavy (non-hydrogen) atoms. The Balaban J connectivity index is 2.68. The van der Waals surface area contributed by atoms with E-state index in [2.05, 4.69) is 20.7 Å². The minimum Gasteiger partial charge on any atom is -0.495 e. The fraction of sp³-hybridized carbons (Fsp3) is 0.222. The molecular weight excluding hydrogens is 252 g/mol. The van der Waals surface area contributed by atoms with Crippen LogP contribution in [0.15, 0.2) is 16.6 Å². The molecule has 0 saturated heterocycles. The highest BCUT2D eigenvalue weighted by Crippen LogP contribution is 2.40. The average molecular weight is 259 g/mol. The predicted molar refractivity (Wildman–Crippen MR) is 51.1 cm³/mol. The summed E-state index contributed by atoms with van der Waals surface area (Å²) in [5, 5.41) is 9.44. The fourth-order valence-corrected chi connectivity index (χ4v) is 1.93. The number of cyclic esters (lactones) is 1. The number of hydrogen-bond acceptors (Lipinski definition) is 4. The van der Waals surface area contributed by atoms with Crippen molar-refractivity contribution >= 4 is 21.9 Å². The van der Waals surface area contributed by atoms with Crippen LogP contribution >= 0.6 is 15.9 Å². The van der Waals surface area contributed by atoms with Crippen LogP contribution in [-0.2, 0) is 4.74 Å². The van der Waals surface area contributed by atoms with Gasteiger partial charge in [-0.25, -0.2) is 4.79 Å². The molecule has 0 amide bonds. The third kappa shape index (κ3) is 1.20. The molecular formula is C9H7BrO4. The molecule has 0 aliphatic carbocycles. The van der Waals surface area contributed by atoms with Crippen molar-refractivity contribution in [2.45, 2.75) is 6.29 Å². The van der Waals surface area contributed by atoms with E-state index in [0.717, 1.165) is 0 Å². The second kappa shape index (κ2) is 3.25. The van der Waals surface area contributed by atoms with Crippen LogP contribution in [0.4, 0.5) is 0 Å². The number of aliphatic hydroxyl groups is 1. The summed E-state index contributed by atoms with van der Waals surface area (Å²) in [5.41, 5.74) is 0.726. The molecule has 0 spiro atoms. The summed E-state index contributed by atoms with van der Waals surface area (Å²) in [5.74, 6) is -0.0980. The number of aliphatic hydroxyl groups excluding tert-OH is 1. The Bertz CT molecular complexity index is 402. The van der Waals surface area contributed by atoms with E-state index in [0.29, 0.717) is 21.3 Å². The van der Waals surface area contributed by atoms with E-state index in [-0.39, 0.29) is 0 Å². The van der Waals surface area contributed by atoms with Crippen LogP contribution in [0, 0.1) is 0 Å². The standard InChI is InChI=1S/C9H7BrO4/c1-13-7-5(10)3-2-4-6(7)9(12)14-8(4)11/h2-3,9,12H,1H3. The molecule has 5 heteroatoms. The van der Waals surface area contributed by atoms with Gasteiger partial charge >= 0.3 is 5.97 Å². The van der Waals surface area contributed by atoms with Crippen molar-refractivity contribution < 1.29 is 19.4 Å². The zero-order chi connectivity index (χ0) is 10.3. The minimum atomic E-state index is -1.23. The smallest absolute Gasteiger partial charge is 0.341 e. The Morgan fingerprint density at radius 3 is 2.93 bits per heavy atom. The molecule has 1 aliphatic rings. The number of methoxy groups -OCH3 is 1. The Morgan fingerprint density at radius 1 is 1.57 bits per heavy atom. The fourth-order valence-electron chi connectivity index (χ4n) is 1.43. The van der Waals surface area contributed by atoms with Gasteiger partial charge in [-0.15, -0.1) is 0 Å². The zero-order valence-corrected chi connectivity index (χ0v) is 8.87. The van der Waals surface area contributed by atoms with Crippen LogP contribution < -0.4 is 4.74 Å². The lowest BCUT2D eigenvalue weighted by atomic mass is 10.1. The molecule has 1 N–H and O–H groups in total. The van der Waals surface area contributed by atoms with Crippen molar-refractivity contribution in [2.75, 3.05) is 7.11 Å². The maximum absolute atomic E-state index is 11.2. The van der Waals surface area contributed by atoms with Gasteiger partial charge in [0.2, 0.25) is 6.29 Å². The lowest BCUT2D eigenvalue weighted by Crippen LogP contribution is -1.97. The van der Waals surface area contributed by atoms with Crippen LogP contribution in [0.25, 0.3) is 0 Å². The highest BCUT2D eigenvalue weighted by molar-refractivity contribution is 9.10. The molecule has 0 bridgehead atoms. The Kier molecular flexibility index (Phi) is 2.20. The van der Waals surface area contributed by atoms with Crippen molar-refractivity contribution in [3.05, 3.63) is 27.7 Å². The highest BCUT2D eigenvalue weighted by atomic mass is 79.9. The summed E-state index contributed by atoms with van der Waals surface area (Å²) >= 11 is 3.25. The van der Waals surface area contributed by atoms with Crippen molar-refractivity contribution in [3.8, 4) is 5.75 Å². The van der Waals surface area contributed by atoms with Crippen molar-refractivity contribution in [2.24, 2.45) is 0 Å². The third-order valence-corrected chi connectivity index (χ3v) is 2.66. The SMILES string of the molecule is COc1c(Br)ccc2c1C(O)OC2=O. The number of hydrogen-bond donors (Lipinski definition) is 1. The molecule has 0 fully saturated rings. The molecule has 1 heterocycles. The minimum absolute atomic E-state index is 0.345. The van der Waals surface area contributed by atoms with Gasteiger partial charge in [0.05, 0.1) is 22.7 Å². The number of carbonyl (C=O) groups is 1. The van der Waals surface area contributed by atoms with Crippen molar-refractivity contribution in [1.29, 1.82) is 0 Å². The average Bonchev–Trinajstić information content (AvgIpc) is 2.43. The summed E-state index contributed by atoms with van der Waals surface area (Å²) in [4.78, 5) is 11.2. The largest absolute Gasteiger partial charge is 0.495 e. The third-order valence-electron chi connectivity index (χ3n) is 2.04. The van der Waals surface area contributed by atoms with E-state index in [9.17, 15) is 9.90 Å². The number of esters is 1. The first kappa shape index (κ1) is 9.48. The monoisotopic (exact) mass is 258 g/mol. The first-order chi connectivity index (χ1) is 6.65. The van der Waals surface area contributed by atoms with Gasteiger partial charge in [0, 0.05) is 0 Å². The number of fused-ring (bicyclic) bond motifs is 1. The summed E-state index contributed by atoms with van der Waals surface area (Å²) in [7, 11) is 1.47. The first-order valence-electron chi connectivity index (χ1n) is 3.90. The Hall–Kier alpha value is -1.07. The maximum Gasteiger partial charge on any atom is 0.341 e. The van der Waals surface area contributed by atoms with Gasteiger partial charge in [-0.1, -0.05) is 0 Å². The molecule has 1 aromatic rings. The Labute approximate surface area is 88.6 Å². The quantitative estimate of drug-likeness (QED) is 0.778. The molecule has 1 atom stereocenters. The highest BCUT2D eigenvalue weighted by Gasteiger charge is 2.33. The van der Waals surface area contributed by atoms with Gasteiger partial charge < -0.3 is 14.6 Å². The molecule has 0 aromatic heterocycles. The molecule has 74 valence electrons. The van der Waals surface area contributed by atoms with E-state index in [4.69, 9.17) is 4.74 Å². The first-order valence-corrected chi connectivity index (χ1v) is 4.70. The summed E-state index contributed by atoms with van der Waals surface area (Å²) in [6, 6.07) is 3.26. The van der Waals surface area contributed by atoms with Crippen molar-refractivity contribution in [3.63, 3.8) is 0 Å². The number of rotatable bonds is 1. The molecule has 4 nitrogen and oxygen atoms in total. The van der Waals surface area contributed by atoms with Crippen LogP contribution in [0.2, 0.25) is 0 Å². The number of carbonyl (C=O) groups excluding carboxylic acids is 1. The predicted octanol–water partition coefficient (Wildman–Crippen LogP) is 1.62. The van der Waals surface area contributed by atoms with Gasteiger partial charge in [0.25, 0.3) is 0 Å². The van der Waals surface area contributed by atoms with Gasteiger partial charge in [-0.3, -0.25) is 0 Å². The van der Waals surface area contributed by atoms with Crippen LogP contribution in [0.5, 0.6) is 5.75 Å². The summed E-state index contributed by atoms with van der Waals surface area (Å²) in [6.45, 7) is 0. The zero-order valence-electron chi connectivity index (χ0n) is 7.28. The summed E-state index contributed by atoms with van der Waals surface area (Å²) < 4.78 is 10.4.